The van der Waals surface area contributed by atoms with Gasteiger partial charge < -0.3 is 10.4 Å². The summed E-state index contributed by atoms with van der Waals surface area (Å²) < 4.78 is 0. The van der Waals surface area contributed by atoms with Gasteiger partial charge in [0.25, 0.3) is 5.69 Å². The molecule has 0 bridgehead atoms. The smallest absolute Gasteiger partial charge is 0.269 e. The Hall–Kier alpha value is -1.17. The summed E-state index contributed by atoms with van der Waals surface area (Å²) in [7, 11) is 0. The van der Waals surface area contributed by atoms with Crippen LogP contribution < -0.4 is 5.32 Å². The van der Waals surface area contributed by atoms with Crippen molar-refractivity contribution in [1.82, 2.24) is 5.32 Å². The van der Waals surface area contributed by atoms with E-state index >= 15 is 0 Å². The van der Waals surface area contributed by atoms with Crippen LogP contribution in [-0.4, -0.2) is 22.7 Å². The van der Waals surface area contributed by atoms with Crippen LogP contribution in [0.4, 0.5) is 5.69 Å². The molecule has 1 aromatic rings. The van der Waals surface area contributed by atoms with Gasteiger partial charge in [-0.2, -0.15) is 0 Å². The monoisotopic (exact) mass is 272 g/mol. The van der Waals surface area contributed by atoms with Gasteiger partial charge in [-0.25, -0.2) is 0 Å². The van der Waals surface area contributed by atoms with Crippen LogP contribution in [-0.2, 0) is 6.54 Å². The number of hydrogen-bond donors (Lipinski definition) is 2. The Labute approximate surface area is 111 Å². The molecule has 1 unspecified atom stereocenters. The molecular formula is C12H17ClN2O3. The van der Waals surface area contributed by atoms with Crippen LogP contribution in [0, 0.1) is 10.1 Å². The summed E-state index contributed by atoms with van der Waals surface area (Å²) in [4.78, 5) is 10.2. The number of nitro groups is 1. The van der Waals surface area contributed by atoms with Gasteiger partial charge in [-0.15, -0.1) is 0 Å². The minimum Gasteiger partial charge on any atom is -0.393 e. The number of halogens is 1. The molecule has 1 rings (SSSR count). The number of nitro benzene ring substituents is 1. The highest BCUT2D eigenvalue weighted by Crippen LogP contribution is 2.21. The van der Waals surface area contributed by atoms with Gasteiger partial charge in [0, 0.05) is 23.7 Å². The van der Waals surface area contributed by atoms with E-state index in [0.717, 1.165) is 6.42 Å². The van der Waals surface area contributed by atoms with Crippen LogP contribution in [0.2, 0.25) is 5.02 Å². The van der Waals surface area contributed by atoms with Crippen molar-refractivity contribution in [3.8, 4) is 0 Å². The Morgan fingerprint density at radius 2 is 2.28 bits per heavy atom. The Kier molecular flexibility index (Phi) is 6.04. The fraction of sp³-hybridized carbons (Fsp3) is 0.500. The SMILES string of the molecule is CCC(O)CCNCc1cc([N+](=O)[O-])ccc1Cl. The Morgan fingerprint density at radius 3 is 2.89 bits per heavy atom. The van der Waals surface area contributed by atoms with E-state index < -0.39 is 4.92 Å². The zero-order valence-corrected chi connectivity index (χ0v) is 11.0. The molecule has 2 N–H and O–H groups in total. The molecule has 0 heterocycles. The molecule has 5 nitrogen and oxygen atoms in total. The lowest BCUT2D eigenvalue weighted by Gasteiger charge is -2.09. The van der Waals surface area contributed by atoms with Crippen LogP contribution in [0.1, 0.15) is 25.3 Å². The van der Waals surface area contributed by atoms with Crippen LogP contribution in [0.5, 0.6) is 0 Å². The molecule has 0 saturated carbocycles. The summed E-state index contributed by atoms with van der Waals surface area (Å²) in [5, 5.41) is 23.6. The highest BCUT2D eigenvalue weighted by molar-refractivity contribution is 6.31. The highest BCUT2D eigenvalue weighted by atomic mass is 35.5. The first kappa shape index (κ1) is 14.9. The average molecular weight is 273 g/mol. The van der Waals surface area contributed by atoms with Gasteiger partial charge in [0.1, 0.15) is 0 Å². The fourth-order valence-corrected chi connectivity index (χ4v) is 1.69. The maximum atomic E-state index is 10.6. The normalized spacial score (nSPS) is 12.4. The van der Waals surface area contributed by atoms with Crippen LogP contribution in [0.15, 0.2) is 18.2 Å². The zero-order chi connectivity index (χ0) is 13.5. The van der Waals surface area contributed by atoms with E-state index in [9.17, 15) is 15.2 Å². The van der Waals surface area contributed by atoms with E-state index in [0.29, 0.717) is 30.1 Å². The largest absolute Gasteiger partial charge is 0.393 e. The summed E-state index contributed by atoms with van der Waals surface area (Å²) >= 11 is 5.96. The summed E-state index contributed by atoms with van der Waals surface area (Å²) in [5.74, 6) is 0. The molecule has 1 aromatic carbocycles. The molecule has 1 atom stereocenters. The molecular weight excluding hydrogens is 256 g/mol. The topological polar surface area (TPSA) is 75.4 Å². The molecule has 0 aliphatic carbocycles. The first-order chi connectivity index (χ1) is 8.54. The van der Waals surface area contributed by atoms with Crippen LogP contribution in [0.25, 0.3) is 0 Å². The van der Waals surface area contributed by atoms with Crippen LogP contribution in [0.3, 0.4) is 0 Å². The minimum atomic E-state index is -0.444. The predicted molar refractivity (Wildman–Crippen MR) is 70.7 cm³/mol. The third-order valence-electron chi connectivity index (χ3n) is 2.68. The molecule has 100 valence electrons. The fourth-order valence-electron chi connectivity index (χ4n) is 1.51. The lowest BCUT2D eigenvalue weighted by Crippen LogP contribution is -2.20. The molecule has 6 heteroatoms. The van der Waals surface area contributed by atoms with Gasteiger partial charge in [-0.05, 0) is 31.0 Å². The number of nitrogens with zero attached hydrogens (tertiary/aromatic N) is 1. The van der Waals surface area contributed by atoms with Crippen molar-refractivity contribution in [3.63, 3.8) is 0 Å². The first-order valence-electron chi connectivity index (χ1n) is 5.86. The highest BCUT2D eigenvalue weighted by Gasteiger charge is 2.09. The average Bonchev–Trinajstić information content (AvgIpc) is 2.35. The maximum absolute atomic E-state index is 10.6. The lowest BCUT2D eigenvalue weighted by atomic mass is 10.2. The number of aliphatic hydroxyl groups is 1. The number of aliphatic hydroxyl groups excluding tert-OH is 1. The Bertz CT molecular complexity index is 412. The van der Waals surface area contributed by atoms with Crippen LogP contribution >= 0.6 is 11.6 Å². The zero-order valence-electron chi connectivity index (χ0n) is 10.2. The number of rotatable bonds is 7. The lowest BCUT2D eigenvalue weighted by molar-refractivity contribution is -0.384. The van der Waals surface area contributed by atoms with E-state index in [4.69, 9.17) is 11.6 Å². The van der Waals surface area contributed by atoms with Gasteiger partial charge in [-0.3, -0.25) is 10.1 Å². The minimum absolute atomic E-state index is 0.0322. The van der Waals surface area contributed by atoms with E-state index in [1.807, 2.05) is 6.92 Å². The van der Waals surface area contributed by atoms with Crippen molar-refractivity contribution in [2.45, 2.75) is 32.4 Å². The number of hydrogen-bond acceptors (Lipinski definition) is 4. The molecule has 18 heavy (non-hydrogen) atoms. The molecule has 0 amide bonds. The molecule has 0 spiro atoms. The van der Waals surface area contributed by atoms with E-state index in [1.54, 1.807) is 0 Å². The molecule has 0 saturated heterocycles. The van der Waals surface area contributed by atoms with Gasteiger partial charge in [0.15, 0.2) is 0 Å². The number of non-ortho nitro benzene ring substituents is 1. The standard InChI is InChI=1S/C12H17ClN2O3/c1-2-11(16)5-6-14-8-9-7-10(15(17)18)3-4-12(9)13/h3-4,7,11,14,16H,2,5-6,8H2,1H3. The molecule has 0 radical (unpaired) electrons. The second kappa shape index (κ2) is 7.31. The number of benzene rings is 1. The van der Waals surface area contributed by atoms with Crippen molar-refractivity contribution in [1.29, 1.82) is 0 Å². The Morgan fingerprint density at radius 1 is 1.56 bits per heavy atom. The molecule has 0 aliphatic rings. The Balaban J connectivity index is 2.51. The van der Waals surface area contributed by atoms with Crippen molar-refractivity contribution in [2.24, 2.45) is 0 Å². The first-order valence-corrected chi connectivity index (χ1v) is 6.24. The van der Waals surface area contributed by atoms with E-state index in [2.05, 4.69) is 5.32 Å². The quantitative estimate of drug-likeness (QED) is 0.454. The third kappa shape index (κ3) is 4.60. The van der Waals surface area contributed by atoms with Gasteiger partial charge in [-0.1, -0.05) is 18.5 Å². The number of nitrogens with one attached hydrogen (secondary N) is 1. The third-order valence-corrected chi connectivity index (χ3v) is 3.05. The van der Waals surface area contributed by atoms with Crippen molar-refractivity contribution >= 4 is 17.3 Å². The molecule has 0 fully saturated rings. The van der Waals surface area contributed by atoms with Crippen molar-refractivity contribution in [3.05, 3.63) is 38.9 Å². The predicted octanol–water partition coefficient (Wildman–Crippen LogP) is 2.50. The maximum Gasteiger partial charge on any atom is 0.269 e. The molecule has 0 aromatic heterocycles. The second-order valence-electron chi connectivity index (χ2n) is 4.06. The van der Waals surface area contributed by atoms with Gasteiger partial charge >= 0.3 is 0 Å². The summed E-state index contributed by atoms with van der Waals surface area (Å²) in [5.41, 5.74) is 0.724. The van der Waals surface area contributed by atoms with Gasteiger partial charge in [0.05, 0.1) is 11.0 Å². The van der Waals surface area contributed by atoms with E-state index in [1.165, 1.54) is 18.2 Å². The molecule has 0 aliphatic heterocycles. The van der Waals surface area contributed by atoms with Crippen molar-refractivity contribution in [2.75, 3.05) is 6.54 Å². The van der Waals surface area contributed by atoms with Crippen molar-refractivity contribution < 1.29 is 10.0 Å². The summed E-state index contributed by atoms with van der Waals surface area (Å²) in [6.45, 7) is 3.02. The second-order valence-corrected chi connectivity index (χ2v) is 4.47. The summed E-state index contributed by atoms with van der Waals surface area (Å²) in [6.07, 6.45) is 1.07. The summed E-state index contributed by atoms with van der Waals surface area (Å²) in [6, 6.07) is 4.37. The van der Waals surface area contributed by atoms with Gasteiger partial charge in [0.2, 0.25) is 0 Å². The van der Waals surface area contributed by atoms with E-state index in [-0.39, 0.29) is 11.8 Å².